The van der Waals surface area contributed by atoms with E-state index in [0.717, 1.165) is 30.1 Å². The summed E-state index contributed by atoms with van der Waals surface area (Å²) in [4.78, 5) is 12.4. The minimum absolute atomic E-state index is 0.0206. The van der Waals surface area contributed by atoms with Gasteiger partial charge in [-0.25, -0.2) is 4.68 Å². The predicted molar refractivity (Wildman–Crippen MR) is 121 cm³/mol. The smallest absolute Gasteiger partial charge is 0.230 e. The van der Waals surface area contributed by atoms with Gasteiger partial charge >= 0.3 is 0 Å². The largest absolute Gasteiger partial charge is 0.497 e. The fourth-order valence-corrected chi connectivity index (χ4v) is 4.69. The van der Waals surface area contributed by atoms with Crippen molar-refractivity contribution in [2.45, 2.75) is 64.1 Å². The van der Waals surface area contributed by atoms with Crippen LogP contribution in [0.15, 0.2) is 29.4 Å². The van der Waals surface area contributed by atoms with Crippen LogP contribution in [0.4, 0.5) is 0 Å². The molecule has 0 spiro atoms. The number of nitrogen functional groups attached to an aromatic ring is 1. The van der Waals surface area contributed by atoms with Gasteiger partial charge in [0.15, 0.2) is 5.82 Å². The summed E-state index contributed by atoms with van der Waals surface area (Å²) in [6, 6.07) is 7.72. The van der Waals surface area contributed by atoms with Crippen molar-refractivity contribution in [1.29, 1.82) is 0 Å². The summed E-state index contributed by atoms with van der Waals surface area (Å²) in [6.45, 7) is 6.98. The second kappa shape index (κ2) is 9.73. The van der Waals surface area contributed by atoms with Gasteiger partial charge in [0.2, 0.25) is 11.1 Å². The zero-order valence-corrected chi connectivity index (χ0v) is 19.2. The maximum Gasteiger partial charge on any atom is 0.230 e. The molecular formula is C22H33N5O2S. The second-order valence-corrected chi connectivity index (χ2v) is 9.59. The Hall–Kier alpha value is -2.22. The number of nitrogens with one attached hydrogen (secondary N) is 1. The molecule has 1 aromatic carbocycles. The number of hydrogen-bond acceptors (Lipinski definition) is 6. The first kappa shape index (κ1) is 22.5. The number of benzene rings is 1. The third kappa shape index (κ3) is 5.28. The van der Waals surface area contributed by atoms with Gasteiger partial charge < -0.3 is 15.9 Å². The Kier molecular flexibility index (Phi) is 7.28. The highest BCUT2D eigenvalue weighted by molar-refractivity contribution is 7.99. The lowest BCUT2D eigenvalue weighted by Crippen LogP contribution is -2.40. The summed E-state index contributed by atoms with van der Waals surface area (Å²) in [7, 11) is 1.62. The number of aromatic nitrogens is 3. The molecular weight excluding hydrogens is 398 g/mol. The molecule has 1 aliphatic rings. The quantitative estimate of drug-likeness (QED) is 0.487. The van der Waals surface area contributed by atoms with E-state index < -0.39 is 0 Å². The zero-order valence-electron chi connectivity index (χ0n) is 18.4. The molecule has 0 bridgehead atoms. The first-order valence-corrected chi connectivity index (χ1v) is 11.6. The van der Waals surface area contributed by atoms with Gasteiger partial charge in [-0.1, -0.05) is 39.0 Å². The van der Waals surface area contributed by atoms with E-state index >= 15 is 0 Å². The van der Waals surface area contributed by atoms with Gasteiger partial charge in [0.05, 0.1) is 12.9 Å². The van der Waals surface area contributed by atoms with Crippen LogP contribution in [0.5, 0.6) is 5.75 Å². The minimum Gasteiger partial charge on any atom is -0.497 e. The van der Waals surface area contributed by atoms with Crippen molar-refractivity contribution in [3.63, 3.8) is 0 Å². The molecule has 0 radical (unpaired) electrons. The Morgan fingerprint density at radius 3 is 2.50 bits per heavy atom. The maximum atomic E-state index is 12.4. The molecule has 0 saturated heterocycles. The van der Waals surface area contributed by atoms with Gasteiger partial charge in [0.25, 0.3) is 0 Å². The Labute approximate surface area is 183 Å². The molecule has 30 heavy (non-hydrogen) atoms. The van der Waals surface area contributed by atoms with Gasteiger partial charge in [-0.15, -0.1) is 10.2 Å². The van der Waals surface area contributed by atoms with E-state index in [1.807, 2.05) is 24.3 Å². The van der Waals surface area contributed by atoms with Gasteiger partial charge in [-0.2, -0.15) is 0 Å². The van der Waals surface area contributed by atoms with E-state index in [1.54, 1.807) is 7.11 Å². The molecule has 1 aromatic heterocycles. The summed E-state index contributed by atoms with van der Waals surface area (Å²) in [5, 5.41) is 12.0. The van der Waals surface area contributed by atoms with Crippen LogP contribution in [0, 0.1) is 11.3 Å². The lowest BCUT2D eigenvalue weighted by atomic mass is 9.69. The SMILES string of the molecule is CCC(C)(C)C1CCC(NC(=O)CSc2nnc(-c3ccc(OC)cc3)n2N)CC1. The summed E-state index contributed by atoms with van der Waals surface area (Å²) in [5.74, 6) is 8.51. The van der Waals surface area contributed by atoms with E-state index in [1.165, 1.54) is 35.7 Å². The number of hydrogen-bond donors (Lipinski definition) is 2. The normalized spacial score (nSPS) is 19.5. The van der Waals surface area contributed by atoms with Crippen LogP contribution in [0.25, 0.3) is 11.4 Å². The highest BCUT2D eigenvalue weighted by Crippen LogP contribution is 2.40. The fraction of sp³-hybridized carbons (Fsp3) is 0.591. The van der Waals surface area contributed by atoms with Crippen molar-refractivity contribution in [3.8, 4) is 17.1 Å². The van der Waals surface area contributed by atoms with Crippen LogP contribution in [0.2, 0.25) is 0 Å². The topological polar surface area (TPSA) is 95.1 Å². The molecule has 1 fully saturated rings. The van der Waals surface area contributed by atoms with Gasteiger partial charge in [0.1, 0.15) is 5.75 Å². The van der Waals surface area contributed by atoms with Gasteiger partial charge in [-0.3, -0.25) is 4.79 Å². The number of carbonyl (C=O) groups is 1. The standard InChI is InChI=1S/C22H33N5O2S/c1-5-22(2,3)16-8-10-17(11-9-16)24-19(28)14-30-21-26-25-20(27(21)23)15-6-12-18(29-4)13-7-15/h6-7,12-13,16-17H,5,8-11,14,23H2,1-4H3,(H,24,28). The first-order chi connectivity index (χ1) is 14.3. The molecule has 8 heteroatoms. The first-order valence-electron chi connectivity index (χ1n) is 10.6. The van der Waals surface area contributed by atoms with Crippen molar-refractivity contribution in [3.05, 3.63) is 24.3 Å². The molecule has 1 amide bonds. The van der Waals surface area contributed by atoms with Crippen LogP contribution in [0.1, 0.15) is 52.9 Å². The van der Waals surface area contributed by atoms with Crippen molar-refractivity contribution in [1.82, 2.24) is 20.2 Å². The Balaban J connectivity index is 1.49. The molecule has 164 valence electrons. The average Bonchev–Trinajstić information content (AvgIpc) is 3.13. The van der Waals surface area contributed by atoms with Crippen LogP contribution < -0.4 is 15.9 Å². The monoisotopic (exact) mass is 431 g/mol. The summed E-state index contributed by atoms with van der Waals surface area (Å²) >= 11 is 1.30. The number of rotatable bonds is 8. The lowest BCUT2D eigenvalue weighted by molar-refractivity contribution is -0.119. The molecule has 7 nitrogen and oxygen atoms in total. The molecule has 0 aliphatic heterocycles. The van der Waals surface area contributed by atoms with Crippen molar-refractivity contribution in [2.75, 3.05) is 18.7 Å². The minimum atomic E-state index is 0.0206. The molecule has 1 saturated carbocycles. The Bertz CT molecular complexity index is 842. The number of ether oxygens (including phenoxy) is 1. The maximum absolute atomic E-state index is 12.4. The van der Waals surface area contributed by atoms with E-state index in [0.29, 0.717) is 16.4 Å². The summed E-state index contributed by atoms with van der Waals surface area (Å²) in [5.41, 5.74) is 1.23. The second-order valence-electron chi connectivity index (χ2n) is 8.65. The fourth-order valence-electron chi connectivity index (χ4n) is 4.02. The highest BCUT2D eigenvalue weighted by atomic mass is 32.2. The molecule has 1 heterocycles. The van der Waals surface area contributed by atoms with E-state index in [4.69, 9.17) is 10.6 Å². The third-order valence-corrected chi connectivity index (χ3v) is 7.40. The van der Waals surface area contributed by atoms with Crippen LogP contribution in [-0.2, 0) is 4.79 Å². The van der Waals surface area contributed by atoms with Crippen LogP contribution in [0.3, 0.4) is 0 Å². The Morgan fingerprint density at radius 2 is 1.90 bits per heavy atom. The van der Waals surface area contributed by atoms with Gasteiger partial charge in [-0.05, 0) is 61.3 Å². The molecule has 1 aliphatic carbocycles. The number of methoxy groups -OCH3 is 1. The number of nitrogens with two attached hydrogens (primary N) is 1. The average molecular weight is 432 g/mol. The van der Waals surface area contributed by atoms with E-state index in [9.17, 15) is 4.79 Å². The highest BCUT2D eigenvalue weighted by Gasteiger charge is 2.32. The molecule has 3 rings (SSSR count). The van der Waals surface area contributed by atoms with Crippen LogP contribution in [-0.4, -0.2) is 39.7 Å². The number of carbonyl (C=O) groups excluding carboxylic acids is 1. The van der Waals surface area contributed by atoms with Gasteiger partial charge in [0, 0.05) is 11.6 Å². The third-order valence-electron chi connectivity index (χ3n) is 6.45. The summed E-state index contributed by atoms with van der Waals surface area (Å²) in [6.07, 6.45) is 5.67. The zero-order chi connectivity index (χ0) is 21.7. The van der Waals surface area contributed by atoms with Crippen molar-refractivity contribution in [2.24, 2.45) is 11.3 Å². The van der Waals surface area contributed by atoms with Crippen molar-refractivity contribution < 1.29 is 9.53 Å². The van der Waals surface area contributed by atoms with Crippen molar-refractivity contribution >= 4 is 17.7 Å². The summed E-state index contributed by atoms with van der Waals surface area (Å²) < 4.78 is 6.60. The van der Waals surface area contributed by atoms with Crippen LogP contribution >= 0.6 is 11.8 Å². The van der Waals surface area contributed by atoms with E-state index in [-0.39, 0.29) is 17.7 Å². The molecule has 0 unspecified atom stereocenters. The number of amides is 1. The molecule has 3 N–H and O–H groups in total. The Morgan fingerprint density at radius 1 is 1.23 bits per heavy atom. The van der Waals surface area contributed by atoms with E-state index in [2.05, 4.69) is 36.3 Å². The number of nitrogens with zero attached hydrogens (tertiary/aromatic N) is 3. The molecule has 0 atom stereocenters. The number of thioether (sulfide) groups is 1. The lowest BCUT2D eigenvalue weighted by Gasteiger charge is -2.39. The predicted octanol–water partition coefficient (Wildman–Crippen LogP) is 3.87. The molecule has 2 aromatic rings.